The number of aliphatic hydroxyl groups excluding tert-OH is 1. The van der Waals surface area contributed by atoms with Crippen LogP contribution in [0.3, 0.4) is 0 Å². The first-order valence-corrected chi connectivity index (χ1v) is 7.66. The van der Waals surface area contributed by atoms with Crippen molar-refractivity contribution in [2.24, 2.45) is 0 Å². The Morgan fingerprint density at radius 2 is 2.09 bits per heavy atom. The van der Waals surface area contributed by atoms with Crippen LogP contribution < -0.4 is 4.74 Å². The zero-order valence-corrected chi connectivity index (χ0v) is 13.2. The molecule has 6 heteroatoms. The van der Waals surface area contributed by atoms with Crippen LogP contribution in [-0.2, 0) is 0 Å². The van der Waals surface area contributed by atoms with E-state index in [1.807, 2.05) is 30.3 Å². The van der Waals surface area contributed by atoms with Crippen LogP contribution in [0.5, 0.6) is 5.75 Å². The zero-order chi connectivity index (χ0) is 16.4. The normalized spacial score (nSPS) is 23.7. The van der Waals surface area contributed by atoms with Gasteiger partial charge in [-0.05, 0) is 31.9 Å². The van der Waals surface area contributed by atoms with Gasteiger partial charge >= 0.3 is 0 Å². The van der Waals surface area contributed by atoms with Gasteiger partial charge in [-0.1, -0.05) is 23.4 Å². The van der Waals surface area contributed by atoms with Gasteiger partial charge in [-0.3, -0.25) is 4.79 Å². The van der Waals surface area contributed by atoms with E-state index in [0.29, 0.717) is 18.5 Å². The summed E-state index contributed by atoms with van der Waals surface area (Å²) in [5.74, 6) is 0.622. The number of carbonyl (C=O) groups is 1. The Morgan fingerprint density at radius 1 is 1.35 bits per heavy atom. The van der Waals surface area contributed by atoms with Crippen LogP contribution in [-0.4, -0.2) is 46.4 Å². The van der Waals surface area contributed by atoms with E-state index in [4.69, 9.17) is 9.26 Å². The molecule has 6 nitrogen and oxygen atoms in total. The maximum absolute atomic E-state index is 12.4. The highest BCUT2D eigenvalue weighted by atomic mass is 16.5. The Bertz CT molecular complexity index is 670. The summed E-state index contributed by atoms with van der Waals surface area (Å²) in [6.07, 6.45) is 0.296. The van der Waals surface area contributed by atoms with Crippen LogP contribution in [0.25, 0.3) is 0 Å². The standard InChI is InChI=1S/C17H20N2O4/c1-11-10-15(23-18-11)17(21)19(2)13-8-9-14(16(13)20)22-12-6-4-3-5-7-12/h3-7,10,13-14,16,20H,8-9H2,1-2H3/t13-,14-,16-/m1/s1. The molecule has 0 spiro atoms. The zero-order valence-electron chi connectivity index (χ0n) is 13.2. The lowest BCUT2D eigenvalue weighted by atomic mass is 10.1. The van der Waals surface area contributed by atoms with Gasteiger partial charge in [0, 0.05) is 13.1 Å². The monoisotopic (exact) mass is 316 g/mol. The number of hydrogen-bond donors (Lipinski definition) is 1. The summed E-state index contributed by atoms with van der Waals surface area (Å²) in [5.41, 5.74) is 0.652. The lowest BCUT2D eigenvalue weighted by Crippen LogP contribution is -2.45. The number of hydrogen-bond acceptors (Lipinski definition) is 5. The number of aryl methyl sites for hydroxylation is 1. The molecule has 1 fully saturated rings. The average molecular weight is 316 g/mol. The minimum Gasteiger partial charge on any atom is -0.488 e. The number of carbonyl (C=O) groups excluding carboxylic acids is 1. The Labute approximate surface area is 134 Å². The van der Waals surface area contributed by atoms with E-state index in [9.17, 15) is 9.90 Å². The Kier molecular flexibility index (Phi) is 4.34. The van der Waals surface area contributed by atoms with E-state index < -0.39 is 6.10 Å². The number of likely N-dealkylation sites (N-methyl/N-ethyl adjacent to an activating group) is 1. The van der Waals surface area contributed by atoms with Gasteiger partial charge in [-0.15, -0.1) is 0 Å². The van der Waals surface area contributed by atoms with Crippen molar-refractivity contribution in [1.29, 1.82) is 0 Å². The third-order valence-corrected chi connectivity index (χ3v) is 4.21. The van der Waals surface area contributed by atoms with Crippen LogP contribution in [0, 0.1) is 6.92 Å². The van der Waals surface area contributed by atoms with Gasteiger partial charge in [0.2, 0.25) is 5.76 Å². The molecular formula is C17H20N2O4. The van der Waals surface area contributed by atoms with E-state index in [1.165, 1.54) is 4.90 Å². The fourth-order valence-corrected chi connectivity index (χ4v) is 2.94. The third kappa shape index (κ3) is 3.22. The molecule has 23 heavy (non-hydrogen) atoms. The summed E-state index contributed by atoms with van der Waals surface area (Å²) in [6.45, 7) is 1.76. The number of aromatic nitrogens is 1. The van der Waals surface area contributed by atoms with Crippen LogP contribution in [0.4, 0.5) is 0 Å². The first-order valence-electron chi connectivity index (χ1n) is 7.66. The second-order valence-corrected chi connectivity index (χ2v) is 5.85. The number of amides is 1. The maximum Gasteiger partial charge on any atom is 0.292 e. The van der Waals surface area contributed by atoms with Crippen molar-refractivity contribution in [3.05, 3.63) is 47.9 Å². The summed E-state index contributed by atoms with van der Waals surface area (Å²) in [6, 6.07) is 10.7. The van der Waals surface area contributed by atoms with Crippen LogP contribution >= 0.6 is 0 Å². The number of ether oxygens (including phenoxy) is 1. The molecule has 1 heterocycles. The highest BCUT2D eigenvalue weighted by Gasteiger charge is 2.40. The molecule has 0 radical (unpaired) electrons. The molecule has 1 saturated carbocycles. The molecule has 0 unspecified atom stereocenters. The summed E-state index contributed by atoms with van der Waals surface area (Å²) in [4.78, 5) is 13.9. The fraction of sp³-hybridized carbons (Fsp3) is 0.412. The van der Waals surface area contributed by atoms with Crippen LogP contribution in [0.2, 0.25) is 0 Å². The Balaban J connectivity index is 1.66. The Morgan fingerprint density at radius 3 is 2.74 bits per heavy atom. The van der Waals surface area contributed by atoms with E-state index in [-0.39, 0.29) is 23.8 Å². The van der Waals surface area contributed by atoms with Gasteiger partial charge in [-0.25, -0.2) is 0 Å². The van der Waals surface area contributed by atoms with Gasteiger partial charge in [0.1, 0.15) is 18.0 Å². The van der Waals surface area contributed by atoms with E-state index in [1.54, 1.807) is 20.0 Å². The number of aliphatic hydroxyl groups is 1. The average Bonchev–Trinajstić information content (AvgIpc) is 3.14. The molecule has 1 aliphatic carbocycles. The molecule has 0 aliphatic heterocycles. The first-order chi connectivity index (χ1) is 11.1. The summed E-state index contributed by atoms with van der Waals surface area (Å²) in [7, 11) is 1.67. The summed E-state index contributed by atoms with van der Waals surface area (Å²) in [5, 5.41) is 14.2. The lowest BCUT2D eigenvalue weighted by Gasteiger charge is -2.28. The highest BCUT2D eigenvalue weighted by Crippen LogP contribution is 2.28. The van der Waals surface area contributed by atoms with Crippen molar-refractivity contribution in [2.75, 3.05) is 7.05 Å². The van der Waals surface area contributed by atoms with Crippen molar-refractivity contribution in [2.45, 2.75) is 38.0 Å². The predicted octanol–water partition coefficient (Wildman–Crippen LogP) is 2.03. The minimum absolute atomic E-state index is 0.185. The van der Waals surface area contributed by atoms with Gasteiger partial charge in [-0.2, -0.15) is 0 Å². The predicted molar refractivity (Wildman–Crippen MR) is 83.2 cm³/mol. The van der Waals surface area contributed by atoms with E-state index >= 15 is 0 Å². The lowest BCUT2D eigenvalue weighted by molar-refractivity contribution is 0.0153. The fourth-order valence-electron chi connectivity index (χ4n) is 2.94. The molecule has 1 amide bonds. The van der Waals surface area contributed by atoms with Crippen molar-refractivity contribution in [3.63, 3.8) is 0 Å². The minimum atomic E-state index is -0.742. The molecule has 1 aromatic heterocycles. The van der Waals surface area contributed by atoms with E-state index in [2.05, 4.69) is 5.16 Å². The van der Waals surface area contributed by atoms with Crippen LogP contribution in [0.15, 0.2) is 40.9 Å². The maximum atomic E-state index is 12.4. The van der Waals surface area contributed by atoms with Crippen molar-refractivity contribution >= 4 is 5.91 Å². The molecule has 0 bridgehead atoms. The molecular weight excluding hydrogens is 296 g/mol. The van der Waals surface area contributed by atoms with Crippen molar-refractivity contribution in [1.82, 2.24) is 10.1 Å². The molecule has 1 aromatic carbocycles. The molecule has 3 atom stereocenters. The number of nitrogens with zero attached hydrogens (tertiary/aromatic N) is 2. The van der Waals surface area contributed by atoms with E-state index in [0.717, 1.165) is 5.75 Å². The SMILES string of the molecule is Cc1cc(C(=O)N(C)[C@@H]2CC[C@@H](Oc3ccccc3)[C@@H]2O)on1. The summed E-state index contributed by atoms with van der Waals surface area (Å²) >= 11 is 0. The third-order valence-electron chi connectivity index (χ3n) is 4.21. The molecule has 2 aromatic rings. The summed E-state index contributed by atoms with van der Waals surface area (Å²) < 4.78 is 10.8. The van der Waals surface area contributed by atoms with Gasteiger partial charge in [0.05, 0.1) is 11.7 Å². The second kappa shape index (κ2) is 6.42. The molecule has 0 saturated heterocycles. The number of benzene rings is 1. The largest absolute Gasteiger partial charge is 0.488 e. The Hall–Kier alpha value is -2.34. The van der Waals surface area contributed by atoms with Crippen molar-refractivity contribution < 1.29 is 19.2 Å². The first kappa shape index (κ1) is 15.6. The topological polar surface area (TPSA) is 75.8 Å². The van der Waals surface area contributed by atoms with Gasteiger partial charge < -0.3 is 19.3 Å². The highest BCUT2D eigenvalue weighted by molar-refractivity contribution is 5.91. The molecule has 122 valence electrons. The van der Waals surface area contributed by atoms with Gasteiger partial charge in [0.25, 0.3) is 5.91 Å². The molecule has 3 rings (SSSR count). The second-order valence-electron chi connectivity index (χ2n) is 5.85. The smallest absolute Gasteiger partial charge is 0.292 e. The number of rotatable bonds is 4. The van der Waals surface area contributed by atoms with Gasteiger partial charge in [0.15, 0.2) is 0 Å². The number of para-hydroxylation sites is 1. The quantitative estimate of drug-likeness (QED) is 0.934. The molecule has 1 N–H and O–H groups in total. The molecule has 1 aliphatic rings. The van der Waals surface area contributed by atoms with Crippen molar-refractivity contribution in [3.8, 4) is 5.75 Å². The van der Waals surface area contributed by atoms with Crippen LogP contribution in [0.1, 0.15) is 29.1 Å².